The first kappa shape index (κ1) is 16.9. The summed E-state index contributed by atoms with van der Waals surface area (Å²) in [6, 6.07) is 7.96. The Morgan fingerprint density at radius 3 is 2.35 bits per heavy atom. The first-order valence-corrected chi connectivity index (χ1v) is 9.74. The number of nitrogens with one attached hydrogen (secondary N) is 1. The Morgan fingerprint density at radius 1 is 1.08 bits per heavy atom. The van der Waals surface area contributed by atoms with E-state index in [2.05, 4.69) is 17.1 Å². The molecule has 2 aromatic carbocycles. The maximum Gasteiger partial charge on any atom is 0.296 e. The van der Waals surface area contributed by atoms with Crippen molar-refractivity contribution in [2.24, 2.45) is 5.14 Å². The Kier molecular flexibility index (Phi) is 3.72. The van der Waals surface area contributed by atoms with Gasteiger partial charge in [0.2, 0.25) is 10.0 Å². The van der Waals surface area contributed by atoms with E-state index in [1.165, 1.54) is 12.1 Å². The number of anilines is 1. The lowest BCUT2D eigenvalue weighted by Crippen LogP contribution is -2.15. The first-order valence-electron chi connectivity index (χ1n) is 8.19. The molecule has 3 N–H and O–H groups in total. The van der Waals surface area contributed by atoms with Crippen molar-refractivity contribution in [3.8, 4) is 11.1 Å². The van der Waals surface area contributed by atoms with Gasteiger partial charge in [0.05, 0.1) is 16.1 Å². The third-order valence-electron chi connectivity index (χ3n) is 4.94. The van der Waals surface area contributed by atoms with Crippen molar-refractivity contribution in [3.05, 3.63) is 47.0 Å². The molecule has 2 aliphatic rings. The van der Waals surface area contributed by atoms with Gasteiger partial charge in [-0.2, -0.15) is 0 Å². The molecule has 2 aromatic rings. The maximum absolute atomic E-state index is 12.2. The van der Waals surface area contributed by atoms with E-state index in [9.17, 15) is 18.0 Å². The zero-order valence-electron chi connectivity index (χ0n) is 14.1. The van der Waals surface area contributed by atoms with Crippen LogP contribution in [-0.4, -0.2) is 31.6 Å². The smallest absolute Gasteiger partial charge is 0.296 e. The van der Waals surface area contributed by atoms with Crippen LogP contribution in [-0.2, 0) is 27.9 Å². The fraction of sp³-hybridized carbons (Fsp3) is 0.222. The van der Waals surface area contributed by atoms with Gasteiger partial charge in [0.15, 0.2) is 0 Å². The third-order valence-corrected chi connectivity index (χ3v) is 5.87. The molecule has 0 saturated carbocycles. The summed E-state index contributed by atoms with van der Waals surface area (Å²) in [7, 11) is -3.77. The van der Waals surface area contributed by atoms with Crippen LogP contribution in [0.2, 0.25) is 0 Å². The van der Waals surface area contributed by atoms with Crippen LogP contribution in [0.3, 0.4) is 0 Å². The number of ketones is 1. The zero-order chi connectivity index (χ0) is 18.6. The monoisotopic (exact) mass is 371 g/mol. The Bertz CT molecular complexity index is 1060. The highest BCUT2D eigenvalue weighted by atomic mass is 32.2. The molecule has 8 heteroatoms. The number of Topliss-reactive ketones (excluding diaryl/α,β-unsaturated/α-hetero) is 1. The Labute approximate surface area is 150 Å². The number of amides is 1. The van der Waals surface area contributed by atoms with Gasteiger partial charge in [-0.25, -0.2) is 13.6 Å². The lowest BCUT2D eigenvalue weighted by molar-refractivity contribution is -0.112. The molecule has 26 heavy (non-hydrogen) atoms. The van der Waals surface area contributed by atoms with Crippen molar-refractivity contribution in [2.75, 3.05) is 11.9 Å². The van der Waals surface area contributed by atoms with E-state index in [-0.39, 0.29) is 4.90 Å². The fourth-order valence-electron chi connectivity index (χ4n) is 3.56. The highest BCUT2D eigenvalue weighted by Gasteiger charge is 2.35. The number of benzene rings is 2. The predicted molar refractivity (Wildman–Crippen MR) is 96.0 cm³/mol. The molecule has 1 amide bonds. The number of hydrogen-bond acceptors (Lipinski definition) is 5. The second-order valence-corrected chi connectivity index (χ2v) is 8.02. The molecule has 0 radical (unpaired) electrons. The first-order chi connectivity index (χ1) is 12.3. The van der Waals surface area contributed by atoms with Crippen LogP contribution >= 0.6 is 0 Å². The molecule has 2 aliphatic heterocycles. The van der Waals surface area contributed by atoms with E-state index >= 15 is 0 Å². The number of hydrogen-bond donors (Lipinski definition) is 2. The number of primary sulfonamides is 1. The summed E-state index contributed by atoms with van der Waals surface area (Å²) in [4.78, 5) is 26.3. The van der Waals surface area contributed by atoms with Gasteiger partial charge in [-0.15, -0.1) is 0 Å². The second-order valence-electron chi connectivity index (χ2n) is 6.46. The summed E-state index contributed by atoms with van der Waals surface area (Å²) in [5.41, 5.74) is 4.59. The summed E-state index contributed by atoms with van der Waals surface area (Å²) in [6.07, 6.45) is 0. The summed E-state index contributed by atoms with van der Waals surface area (Å²) in [6.45, 7) is 4.26. The van der Waals surface area contributed by atoms with Gasteiger partial charge in [-0.05, 0) is 47.0 Å². The summed E-state index contributed by atoms with van der Waals surface area (Å²) >= 11 is 0. The summed E-state index contributed by atoms with van der Waals surface area (Å²) in [5.74, 6) is -1.15. The molecule has 0 aromatic heterocycles. The third kappa shape index (κ3) is 2.54. The average molecular weight is 371 g/mol. The number of carbonyl (C=O) groups is 2. The van der Waals surface area contributed by atoms with Gasteiger partial charge in [-0.1, -0.05) is 19.1 Å². The van der Waals surface area contributed by atoms with Crippen LogP contribution in [0.1, 0.15) is 28.4 Å². The highest BCUT2D eigenvalue weighted by Crippen LogP contribution is 2.41. The van der Waals surface area contributed by atoms with E-state index in [4.69, 9.17) is 5.14 Å². The largest absolute Gasteiger partial charge is 0.318 e. The standard InChI is InChI=1S/C18H17N3O4S/c1-2-21-8-14-12(10-3-5-11(6-4-10)26(19,24)25)7-13-16(15(14)9-21)20-18(23)17(13)22/h3-7H,2,8-9H2,1H3,(H2,19,24,25)(H,20,22,23). The van der Waals surface area contributed by atoms with Gasteiger partial charge >= 0.3 is 0 Å². The van der Waals surface area contributed by atoms with Gasteiger partial charge < -0.3 is 5.32 Å². The minimum absolute atomic E-state index is 0.0298. The minimum atomic E-state index is -3.77. The molecule has 4 rings (SSSR count). The topological polar surface area (TPSA) is 110 Å². The average Bonchev–Trinajstić information content (AvgIpc) is 3.16. The van der Waals surface area contributed by atoms with Gasteiger partial charge in [-0.3, -0.25) is 14.5 Å². The Balaban J connectivity index is 1.89. The molecule has 0 unspecified atom stereocenters. The molecule has 0 atom stereocenters. The van der Waals surface area contributed by atoms with Crippen LogP contribution in [0.25, 0.3) is 11.1 Å². The second kappa shape index (κ2) is 5.73. The molecular weight excluding hydrogens is 354 g/mol. The van der Waals surface area contributed by atoms with Crippen LogP contribution in [0.4, 0.5) is 5.69 Å². The lowest BCUT2D eigenvalue weighted by Gasteiger charge is -2.12. The van der Waals surface area contributed by atoms with Crippen LogP contribution in [0.15, 0.2) is 35.2 Å². The zero-order valence-corrected chi connectivity index (χ0v) is 14.9. The van der Waals surface area contributed by atoms with Crippen molar-refractivity contribution in [2.45, 2.75) is 24.9 Å². The molecular formula is C18H17N3O4S. The van der Waals surface area contributed by atoms with Gasteiger partial charge in [0.25, 0.3) is 11.7 Å². The van der Waals surface area contributed by atoms with Crippen LogP contribution < -0.4 is 10.5 Å². The molecule has 2 heterocycles. The van der Waals surface area contributed by atoms with Crippen LogP contribution in [0.5, 0.6) is 0 Å². The number of fused-ring (bicyclic) bond motifs is 3. The van der Waals surface area contributed by atoms with Crippen molar-refractivity contribution in [1.29, 1.82) is 0 Å². The Hall–Kier alpha value is -2.55. The maximum atomic E-state index is 12.2. The van der Waals surface area contributed by atoms with Crippen molar-refractivity contribution < 1.29 is 18.0 Å². The van der Waals surface area contributed by atoms with Crippen molar-refractivity contribution in [1.82, 2.24) is 4.90 Å². The number of carbonyl (C=O) groups excluding carboxylic acids is 2. The predicted octanol–water partition coefficient (Wildman–Crippen LogP) is 1.47. The molecule has 0 bridgehead atoms. The molecule has 134 valence electrons. The SMILES string of the molecule is CCN1Cc2c(-c3ccc(S(N)(=O)=O)cc3)cc3c(c2C1)NC(=O)C3=O. The minimum Gasteiger partial charge on any atom is -0.318 e. The van der Waals surface area contributed by atoms with E-state index in [0.717, 1.165) is 28.8 Å². The van der Waals surface area contributed by atoms with Gasteiger partial charge in [0, 0.05) is 13.1 Å². The Morgan fingerprint density at radius 2 is 1.73 bits per heavy atom. The molecule has 0 aliphatic carbocycles. The van der Waals surface area contributed by atoms with Crippen molar-refractivity contribution in [3.63, 3.8) is 0 Å². The summed E-state index contributed by atoms with van der Waals surface area (Å²) in [5, 5.41) is 7.84. The normalized spacial score (nSPS) is 16.5. The molecule has 7 nitrogen and oxygen atoms in total. The summed E-state index contributed by atoms with van der Waals surface area (Å²) < 4.78 is 22.9. The van der Waals surface area contributed by atoms with Crippen LogP contribution in [0, 0.1) is 0 Å². The van der Waals surface area contributed by atoms with E-state index < -0.39 is 21.7 Å². The number of rotatable bonds is 3. The molecule has 0 fully saturated rings. The molecule has 0 spiro atoms. The van der Waals surface area contributed by atoms with Gasteiger partial charge in [0.1, 0.15) is 0 Å². The van der Waals surface area contributed by atoms with Crippen molar-refractivity contribution >= 4 is 27.4 Å². The van der Waals surface area contributed by atoms with E-state index in [1.54, 1.807) is 18.2 Å². The lowest BCUT2D eigenvalue weighted by atomic mass is 9.92. The quantitative estimate of drug-likeness (QED) is 0.794. The highest BCUT2D eigenvalue weighted by molar-refractivity contribution is 7.89. The molecule has 0 saturated heterocycles. The fourth-order valence-corrected chi connectivity index (χ4v) is 4.07. The number of nitrogens with two attached hydrogens (primary N) is 1. The van der Waals surface area contributed by atoms with E-state index in [0.29, 0.717) is 24.3 Å². The van der Waals surface area contributed by atoms with E-state index in [1.807, 2.05) is 0 Å². The number of sulfonamides is 1. The number of nitrogens with zero attached hydrogens (tertiary/aromatic N) is 1.